The Balaban J connectivity index is 3.90. The fourth-order valence-corrected chi connectivity index (χ4v) is 2.22. The molecule has 17 heavy (non-hydrogen) atoms. The van der Waals surface area contributed by atoms with Gasteiger partial charge in [-0.3, -0.25) is 9.00 Å². The molecule has 0 aromatic heterocycles. The summed E-state index contributed by atoms with van der Waals surface area (Å²) < 4.78 is 11.5. The highest BCUT2D eigenvalue weighted by molar-refractivity contribution is 7.86. The van der Waals surface area contributed by atoms with Crippen molar-refractivity contribution in [2.24, 2.45) is 11.7 Å². The monoisotopic (exact) mass is 262 g/mol. The minimum Gasteiger partial charge on any atom is -0.354 e. The van der Waals surface area contributed by atoms with E-state index in [0.717, 1.165) is 0 Å². The van der Waals surface area contributed by atoms with Crippen LogP contribution in [0.3, 0.4) is 0 Å². The Morgan fingerprint density at radius 3 is 2.29 bits per heavy atom. The summed E-state index contributed by atoms with van der Waals surface area (Å²) in [6.07, 6.45) is 0.675. The number of carbonyl (C=O) groups is 1. The van der Waals surface area contributed by atoms with Crippen LogP contribution in [0.5, 0.6) is 0 Å². The summed E-state index contributed by atoms with van der Waals surface area (Å²) in [5.41, 5.74) is 5.73. The van der Waals surface area contributed by atoms with Gasteiger partial charge in [0.25, 0.3) is 0 Å². The van der Waals surface area contributed by atoms with Crippen LogP contribution in [0.4, 0.5) is 0 Å². The first-order valence-corrected chi connectivity index (χ1v) is 7.38. The normalized spacial score (nSPS) is 15.7. The van der Waals surface area contributed by atoms with Crippen LogP contribution in [0.2, 0.25) is 0 Å². The fraction of sp³-hybridized carbons (Fsp3) is 0.917. The van der Waals surface area contributed by atoms with Crippen molar-refractivity contribution < 1.29 is 9.00 Å². The molecule has 3 N–H and O–H groups in total. The van der Waals surface area contributed by atoms with E-state index in [4.69, 9.17) is 5.73 Å². The van der Waals surface area contributed by atoms with E-state index in [1.54, 1.807) is 0 Å². The fourth-order valence-electron chi connectivity index (χ4n) is 1.32. The molecule has 102 valence electrons. The molecule has 0 aliphatic heterocycles. The van der Waals surface area contributed by atoms with Crippen molar-refractivity contribution >= 4 is 16.7 Å². The maximum atomic E-state index is 11.7. The van der Waals surface area contributed by atoms with Crippen molar-refractivity contribution in [3.8, 4) is 0 Å². The molecule has 0 aliphatic rings. The van der Waals surface area contributed by atoms with Gasteiger partial charge in [-0.1, -0.05) is 13.8 Å². The van der Waals surface area contributed by atoms with E-state index in [-0.39, 0.29) is 10.7 Å². The number of rotatable bonds is 6. The van der Waals surface area contributed by atoms with Crippen molar-refractivity contribution in [3.05, 3.63) is 0 Å². The van der Waals surface area contributed by atoms with Crippen LogP contribution in [0.1, 0.15) is 41.0 Å². The lowest BCUT2D eigenvalue weighted by Gasteiger charge is -2.18. The zero-order chi connectivity index (χ0) is 13.6. The Morgan fingerprint density at radius 1 is 1.35 bits per heavy atom. The summed E-state index contributed by atoms with van der Waals surface area (Å²) in [5, 5.41) is 2.73. The highest BCUT2D eigenvalue weighted by Crippen LogP contribution is 2.10. The predicted octanol–water partition coefficient (Wildman–Crippen LogP) is 1.02. The van der Waals surface area contributed by atoms with Crippen molar-refractivity contribution in [2.45, 2.75) is 51.8 Å². The van der Waals surface area contributed by atoms with E-state index >= 15 is 0 Å². The van der Waals surface area contributed by atoms with Crippen molar-refractivity contribution in [3.63, 3.8) is 0 Å². The molecule has 1 unspecified atom stereocenters. The average Bonchev–Trinajstić information content (AvgIpc) is 2.14. The van der Waals surface area contributed by atoms with Crippen LogP contribution in [0.25, 0.3) is 0 Å². The molecule has 5 heteroatoms. The van der Waals surface area contributed by atoms with Crippen LogP contribution >= 0.6 is 0 Å². The number of carbonyl (C=O) groups excluding carboxylic acids is 1. The van der Waals surface area contributed by atoms with E-state index in [9.17, 15) is 9.00 Å². The molecule has 4 nitrogen and oxygen atoms in total. The molecule has 0 rings (SSSR count). The van der Waals surface area contributed by atoms with Crippen LogP contribution in [-0.4, -0.2) is 33.2 Å². The van der Waals surface area contributed by atoms with Gasteiger partial charge in [-0.2, -0.15) is 0 Å². The largest absolute Gasteiger partial charge is 0.354 e. The Kier molecular flexibility index (Phi) is 6.94. The summed E-state index contributed by atoms with van der Waals surface area (Å²) in [7, 11) is -0.933. The van der Waals surface area contributed by atoms with Gasteiger partial charge in [0.05, 0.1) is 6.04 Å². The summed E-state index contributed by atoms with van der Waals surface area (Å²) in [5.74, 6) is 0.730. The Bertz CT molecular complexity index is 272. The molecule has 0 aliphatic carbocycles. The van der Waals surface area contributed by atoms with Crippen molar-refractivity contribution in [1.82, 2.24) is 5.32 Å². The number of nitrogens with two attached hydrogens (primary N) is 1. The van der Waals surface area contributed by atoms with E-state index < -0.39 is 16.8 Å². The summed E-state index contributed by atoms with van der Waals surface area (Å²) >= 11 is 0. The minimum atomic E-state index is -0.933. The molecular formula is C12H26N2O2S. The van der Waals surface area contributed by atoms with Gasteiger partial charge in [-0.25, -0.2) is 0 Å². The van der Waals surface area contributed by atoms with E-state index in [1.807, 2.05) is 34.6 Å². The minimum absolute atomic E-state index is 0.149. The van der Waals surface area contributed by atoms with Crippen LogP contribution in [0, 0.1) is 5.92 Å². The third kappa shape index (κ3) is 7.49. The van der Waals surface area contributed by atoms with Gasteiger partial charge < -0.3 is 11.1 Å². The lowest BCUT2D eigenvalue weighted by Crippen LogP contribution is -2.43. The lowest BCUT2D eigenvalue weighted by atomic mass is 10.0. The summed E-state index contributed by atoms with van der Waals surface area (Å²) in [6, 6.07) is -0.460. The molecule has 0 radical (unpaired) electrons. The second-order valence-corrected chi connectivity index (χ2v) is 8.01. The first kappa shape index (κ1) is 16.6. The predicted molar refractivity (Wildman–Crippen MR) is 73.2 cm³/mol. The Morgan fingerprint density at radius 2 is 1.88 bits per heavy atom. The van der Waals surface area contributed by atoms with Gasteiger partial charge in [0, 0.05) is 27.8 Å². The first-order valence-electron chi connectivity index (χ1n) is 6.06. The molecule has 0 aromatic rings. The van der Waals surface area contributed by atoms with Crippen molar-refractivity contribution in [1.29, 1.82) is 0 Å². The van der Waals surface area contributed by atoms with Crippen LogP contribution < -0.4 is 11.1 Å². The molecule has 1 amide bonds. The molecule has 0 spiro atoms. The van der Waals surface area contributed by atoms with Gasteiger partial charge in [-0.05, 0) is 33.1 Å². The standard InChI is InChI=1S/C12H26N2O2S/c1-9(2)8-10(13)11(15)14-6-7-17(16)12(3,4)5/h9-10H,6-8,13H2,1-5H3,(H,14,15)/t10-,17?/m0/s1. The Hall–Kier alpha value is -0.420. The molecule has 2 atom stereocenters. The molecule has 0 fully saturated rings. The van der Waals surface area contributed by atoms with Gasteiger partial charge in [-0.15, -0.1) is 0 Å². The van der Waals surface area contributed by atoms with Gasteiger partial charge >= 0.3 is 0 Å². The highest BCUT2D eigenvalue weighted by Gasteiger charge is 2.20. The van der Waals surface area contributed by atoms with E-state index in [1.165, 1.54) is 0 Å². The number of nitrogens with one attached hydrogen (secondary N) is 1. The number of hydrogen-bond donors (Lipinski definition) is 2. The van der Waals surface area contributed by atoms with Gasteiger partial charge in [0.1, 0.15) is 0 Å². The number of amides is 1. The molecule has 0 saturated carbocycles. The van der Waals surface area contributed by atoms with Gasteiger partial charge in [0.15, 0.2) is 0 Å². The molecule has 0 heterocycles. The maximum absolute atomic E-state index is 11.7. The first-order chi connectivity index (χ1) is 7.64. The van der Waals surface area contributed by atoms with Crippen LogP contribution in [0.15, 0.2) is 0 Å². The van der Waals surface area contributed by atoms with Crippen LogP contribution in [-0.2, 0) is 15.6 Å². The zero-order valence-corrected chi connectivity index (χ0v) is 12.4. The van der Waals surface area contributed by atoms with E-state index in [0.29, 0.717) is 24.6 Å². The SMILES string of the molecule is CC(C)C[C@H](N)C(=O)NCCS(=O)C(C)(C)C. The lowest BCUT2D eigenvalue weighted by molar-refractivity contribution is -0.122. The van der Waals surface area contributed by atoms with Gasteiger partial charge in [0.2, 0.25) is 5.91 Å². The second-order valence-electron chi connectivity index (χ2n) is 5.69. The maximum Gasteiger partial charge on any atom is 0.236 e. The van der Waals surface area contributed by atoms with Crippen molar-refractivity contribution in [2.75, 3.05) is 12.3 Å². The molecule has 0 bridgehead atoms. The zero-order valence-electron chi connectivity index (χ0n) is 11.6. The molecule has 0 saturated heterocycles. The average molecular weight is 262 g/mol. The number of hydrogen-bond acceptors (Lipinski definition) is 3. The topological polar surface area (TPSA) is 72.2 Å². The molecular weight excluding hydrogens is 236 g/mol. The quantitative estimate of drug-likeness (QED) is 0.751. The smallest absolute Gasteiger partial charge is 0.236 e. The molecule has 0 aromatic carbocycles. The third-order valence-electron chi connectivity index (χ3n) is 2.33. The third-order valence-corrected chi connectivity index (χ3v) is 4.27. The van der Waals surface area contributed by atoms with E-state index in [2.05, 4.69) is 5.32 Å². The Labute approximate surface area is 107 Å². The summed E-state index contributed by atoms with van der Waals surface area (Å²) in [6.45, 7) is 10.3. The second kappa shape index (κ2) is 7.11. The summed E-state index contributed by atoms with van der Waals surface area (Å²) in [4.78, 5) is 11.6. The highest BCUT2D eigenvalue weighted by atomic mass is 32.2.